The SMILES string of the molecule is C=CCNC(=NC)NCCC1CCN(C)CC1.I. The fourth-order valence-electron chi connectivity index (χ4n) is 2.13. The minimum Gasteiger partial charge on any atom is -0.356 e. The van der Waals surface area contributed by atoms with Crippen LogP contribution in [0, 0.1) is 5.92 Å². The van der Waals surface area contributed by atoms with Crippen molar-refractivity contribution < 1.29 is 0 Å². The van der Waals surface area contributed by atoms with Gasteiger partial charge in [-0.2, -0.15) is 0 Å². The lowest BCUT2D eigenvalue weighted by Gasteiger charge is -2.29. The van der Waals surface area contributed by atoms with Gasteiger partial charge in [0.2, 0.25) is 0 Å². The van der Waals surface area contributed by atoms with Crippen LogP contribution in [0.4, 0.5) is 0 Å². The maximum atomic E-state index is 4.16. The highest BCUT2D eigenvalue weighted by molar-refractivity contribution is 14.0. The zero-order chi connectivity index (χ0) is 12.5. The number of nitrogens with zero attached hydrogens (tertiary/aromatic N) is 2. The minimum absolute atomic E-state index is 0. The van der Waals surface area contributed by atoms with E-state index in [4.69, 9.17) is 0 Å². The summed E-state index contributed by atoms with van der Waals surface area (Å²) in [7, 11) is 4.00. The van der Waals surface area contributed by atoms with Crippen molar-refractivity contribution in [2.75, 3.05) is 40.3 Å². The second kappa shape index (κ2) is 10.6. The number of hydrogen-bond donors (Lipinski definition) is 2. The van der Waals surface area contributed by atoms with Crippen molar-refractivity contribution in [3.05, 3.63) is 12.7 Å². The van der Waals surface area contributed by atoms with Gasteiger partial charge in [-0.25, -0.2) is 0 Å². The average Bonchev–Trinajstić information content (AvgIpc) is 2.36. The quantitative estimate of drug-likeness (QED) is 0.337. The Morgan fingerprint density at radius 2 is 2.06 bits per heavy atom. The summed E-state index contributed by atoms with van der Waals surface area (Å²) in [4.78, 5) is 6.57. The molecular weight excluding hydrogens is 339 g/mol. The van der Waals surface area contributed by atoms with Crippen LogP contribution in [0.3, 0.4) is 0 Å². The first-order valence-corrected chi connectivity index (χ1v) is 6.50. The first-order valence-electron chi connectivity index (χ1n) is 6.50. The topological polar surface area (TPSA) is 39.7 Å². The van der Waals surface area contributed by atoms with Crippen LogP contribution >= 0.6 is 24.0 Å². The lowest BCUT2D eigenvalue weighted by molar-refractivity contribution is 0.213. The predicted molar refractivity (Wildman–Crippen MR) is 89.8 cm³/mol. The number of rotatable bonds is 5. The van der Waals surface area contributed by atoms with Gasteiger partial charge in [0.1, 0.15) is 0 Å². The van der Waals surface area contributed by atoms with Crippen molar-refractivity contribution in [2.45, 2.75) is 19.3 Å². The standard InChI is InChI=1S/C13H26N4.HI/c1-4-8-15-13(14-2)16-9-5-12-6-10-17(3)11-7-12;/h4,12H,1,5-11H2,2-3H3,(H2,14,15,16);1H. The molecule has 1 aliphatic rings. The molecule has 0 saturated carbocycles. The Balaban J connectivity index is 0.00000289. The average molecular weight is 366 g/mol. The third-order valence-corrected chi connectivity index (χ3v) is 3.32. The first kappa shape index (κ1) is 17.7. The number of hydrogen-bond acceptors (Lipinski definition) is 2. The smallest absolute Gasteiger partial charge is 0.191 e. The van der Waals surface area contributed by atoms with E-state index in [0.717, 1.165) is 25.0 Å². The van der Waals surface area contributed by atoms with Crippen LogP contribution in [0.2, 0.25) is 0 Å². The Bertz CT molecular complexity index is 247. The van der Waals surface area contributed by atoms with E-state index in [1.807, 2.05) is 6.08 Å². The van der Waals surface area contributed by atoms with Crippen LogP contribution in [0.25, 0.3) is 0 Å². The molecule has 1 rings (SSSR count). The van der Waals surface area contributed by atoms with Gasteiger partial charge in [-0.05, 0) is 45.3 Å². The van der Waals surface area contributed by atoms with Gasteiger partial charge in [-0.3, -0.25) is 4.99 Å². The second-order valence-corrected chi connectivity index (χ2v) is 4.70. The maximum Gasteiger partial charge on any atom is 0.191 e. The number of nitrogens with one attached hydrogen (secondary N) is 2. The highest BCUT2D eigenvalue weighted by Gasteiger charge is 2.15. The Morgan fingerprint density at radius 1 is 1.39 bits per heavy atom. The van der Waals surface area contributed by atoms with Crippen molar-refractivity contribution >= 4 is 29.9 Å². The summed E-state index contributed by atoms with van der Waals surface area (Å²) in [6.45, 7) is 7.93. The van der Waals surface area contributed by atoms with E-state index in [2.05, 4.69) is 34.2 Å². The molecule has 1 heterocycles. The minimum atomic E-state index is 0. The van der Waals surface area contributed by atoms with E-state index in [0.29, 0.717) is 0 Å². The molecule has 0 aromatic rings. The van der Waals surface area contributed by atoms with Crippen molar-refractivity contribution in [3.8, 4) is 0 Å². The third-order valence-electron chi connectivity index (χ3n) is 3.32. The monoisotopic (exact) mass is 366 g/mol. The predicted octanol–water partition coefficient (Wildman–Crippen LogP) is 1.69. The lowest BCUT2D eigenvalue weighted by Crippen LogP contribution is -2.39. The number of halogens is 1. The molecule has 0 aliphatic carbocycles. The fourth-order valence-corrected chi connectivity index (χ4v) is 2.13. The van der Waals surface area contributed by atoms with Crippen LogP contribution < -0.4 is 10.6 Å². The summed E-state index contributed by atoms with van der Waals surface area (Å²) >= 11 is 0. The molecule has 1 aliphatic heterocycles. The number of likely N-dealkylation sites (tertiary alicyclic amines) is 1. The molecule has 0 spiro atoms. The molecule has 106 valence electrons. The summed E-state index contributed by atoms with van der Waals surface area (Å²) in [6.07, 6.45) is 5.74. The molecule has 1 fully saturated rings. The Hall–Kier alpha value is -0.300. The zero-order valence-electron chi connectivity index (χ0n) is 11.6. The van der Waals surface area contributed by atoms with Crippen LogP contribution in [0.1, 0.15) is 19.3 Å². The molecule has 0 atom stereocenters. The van der Waals surface area contributed by atoms with E-state index in [1.165, 1.54) is 32.4 Å². The Kier molecular flexibility index (Phi) is 10.4. The van der Waals surface area contributed by atoms with Gasteiger partial charge in [0.15, 0.2) is 5.96 Å². The Morgan fingerprint density at radius 3 is 2.61 bits per heavy atom. The van der Waals surface area contributed by atoms with Gasteiger partial charge < -0.3 is 15.5 Å². The summed E-state index contributed by atoms with van der Waals surface area (Å²) in [5, 5.41) is 6.52. The normalized spacial score (nSPS) is 18.0. The van der Waals surface area contributed by atoms with E-state index >= 15 is 0 Å². The van der Waals surface area contributed by atoms with Gasteiger partial charge in [0, 0.05) is 20.1 Å². The first-order chi connectivity index (χ1) is 8.26. The summed E-state index contributed by atoms with van der Waals surface area (Å²) < 4.78 is 0. The van der Waals surface area contributed by atoms with Gasteiger partial charge in [0.05, 0.1) is 0 Å². The van der Waals surface area contributed by atoms with Crippen LogP contribution in [0.15, 0.2) is 17.6 Å². The lowest BCUT2D eigenvalue weighted by atomic mass is 9.94. The van der Waals surface area contributed by atoms with Crippen molar-refractivity contribution in [1.29, 1.82) is 0 Å². The molecular formula is C13H27IN4. The molecule has 18 heavy (non-hydrogen) atoms. The summed E-state index contributed by atoms with van der Waals surface area (Å²) in [6, 6.07) is 0. The molecule has 1 saturated heterocycles. The molecule has 5 heteroatoms. The summed E-state index contributed by atoms with van der Waals surface area (Å²) in [5.74, 6) is 1.74. The third kappa shape index (κ3) is 7.20. The van der Waals surface area contributed by atoms with Gasteiger partial charge >= 0.3 is 0 Å². The molecule has 0 unspecified atom stereocenters. The molecule has 0 amide bonds. The van der Waals surface area contributed by atoms with Crippen LogP contribution in [0.5, 0.6) is 0 Å². The van der Waals surface area contributed by atoms with Gasteiger partial charge in [-0.15, -0.1) is 30.6 Å². The van der Waals surface area contributed by atoms with E-state index in [9.17, 15) is 0 Å². The van der Waals surface area contributed by atoms with Gasteiger partial charge in [0.25, 0.3) is 0 Å². The highest BCUT2D eigenvalue weighted by Crippen LogP contribution is 2.18. The van der Waals surface area contributed by atoms with E-state index in [1.54, 1.807) is 7.05 Å². The molecule has 0 aromatic heterocycles. The molecule has 0 aromatic carbocycles. The maximum absolute atomic E-state index is 4.16. The molecule has 4 nitrogen and oxygen atoms in total. The second-order valence-electron chi connectivity index (χ2n) is 4.70. The highest BCUT2D eigenvalue weighted by atomic mass is 127. The number of aliphatic imine (C=N–C) groups is 1. The van der Waals surface area contributed by atoms with E-state index in [-0.39, 0.29) is 24.0 Å². The van der Waals surface area contributed by atoms with Crippen molar-refractivity contribution in [2.24, 2.45) is 10.9 Å². The number of piperidine rings is 1. The molecule has 0 bridgehead atoms. The van der Waals surface area contributed by atoms with E-state index < -0.39 is 0 Å². The zero-order valence-corrected chi connectivity index (χ0v) is 13.9. The summed E-state index contributed by atoms with van der Waals surface area (Å²) in [5.41, 5.74) is 0. The Labute approximate surface area is 128 Å². The number of guanidine groups is 1. The van der Waals surface area contributed by atoms with Crippen molar-refractivity contribution in [3.63, 3.8) is 0 Å². The van der Waals surface area contributed by atoms with Gasteiger partial charge in [-0.1, -0.05) is 6.08 Å². The molecule has 2 N–H and O–H groups in total. The largest absolute Gasteiger partial charge is 0.356 e. The molecule has 0 radical (unpaired) electrons. The fraction of sp³-hybridized carbons (Fsp3) is 0.769. The van der Waals surface area contributed by atoms with Crippen LogP contribution in [-0.4, -0.2) is 51.1 Å². The van der Waals surface area contributed by atoms with Crippen molar-refractivity contribution in [1.82, 2.24) is 15.5 Å². The van der Waals surface area contributed by atoms with Crippen LogP contribution in [-0.2, 0) is 0 Å².